The second-order valence-corrected chi connectivity index (χ2v) is 6.85. The maximum Gasteiger partial charge on any atom is 0.116 e. The van der Waals surface area contributed by atoms with Gasteiger partial charge in [0.15, 0.2) is 0 Å². The molecule has 0 heterocycles. The second-order valence-electron chi connectivity index (χ2n) is 6.85. The van der Waals surface area contributed by atoms with E-state index in [-0.39, 0.29) is 12.4 Å². The van der Waals surface area contributed by atoms with Gasteiger partial charge in [0.25, 0.3) is 0 Å². The van der Waals surface area contributed by atoms with Crippen LogP contribution in [0.25, 0.3) is 0 Å². The molecule has 8 heteroatoms. The Morgan fingerprint density at radius 2 is 1.00 bits per heavy atom. The van der Waals surface area contributed by atoms with E-state index in [2.05, 4.69) is 27.3 Å². The van der Waals surface area contributed by atoms with Crippen LogP contribution in [-0.2, 0) is 13.1 Å². The summed E-state index contributed by atoms with van der Waals surface area (Å²) >= 11 is 0. The van der Waals surface area contributed by atoms with Crippen molar-refractivity contribution in [2.45, 2.75) is 38.8 Å². The highest BCUT2D eigenvalue weighted by Gasteiger charge is 2.01. The summed E-state index contributed by atoms with van der Waals surface area (Å²) in [6.07, 6.45) is 4.21. The zero-order chi connectivity index (χ0) is 19.6. The maximum absolute atomic E-state index is 9.94. The summed E-state index contributed by atoms with van der Waals surface area (Å²) < 4.78 is 0. The van der Waals surface area contributed by atoms with Crippen molar-refractivity contribution in [3.63, 3.8) is 0 Å². The van der Waals surface area contributed by atoms with E-state index in [1.807, 2.05) is 12.1 Å². The van der Waals surface area contributed by atoms with Gasteiger partial charge in [-0.15, -0.1) is 12.4 Å². The van der Waals surface area contributed by atoms with Crippen molar-refractivity contribution in [3.05, 3.63) is 29.3 Å². The standard InChI is InChI=1S/C20H40N6O.ClH/c21-5-1-7-23-9-3-11-25-16-18-13-19(15-20(27)14-18)17-26-12-4-10-24-8-2-6-22;/h13-15,23-27H,1-12,16-17,21-22H2;1H. The SMILES string of the molecule is Cl.NCCCNCCCNCc1cc(O)cc(CNCCCNCCCN)c1. The molecule has 0 amide bonds. The van der Waals surface area contributed by atoms with E-state index in [1.54, 1.807) is 0 Å². The summed E-state index contributed by atoms with van der Waals surface area (Å²) in [5, 5.41) is 23.6. The number of rotatable bonds is 18. The van der Waals surface area contributed by atoms with Crippen LogP contribution in [0.15, 0.2) is 18.2 Å². The second kappa shape index (κ2) is 19.4. The molecule has 1 rings (SSSR count). The quantitative estimate of drug-likeness (QED) is 0.175. The minimum absolute atomic E-state index is 0. The molecule has 0 fully saturated rings. The van der Waals surface area contributed by atoms with Crippen molar-refractivity contribution >= 4 is 12.4 Å². The Hall–Kier alpha value is -0.930. The van der Waals surface area contributed by atoms with Gasteiger partial charge in [0.1, 0.15) is 5.75 Å². The first-order chi connectivity index (χ1) is 13.3. The van der Waals surface area contributed by atoms with Crippen LogP contribution < -0.4 is 32.7 Å². The molecule has 0 saturated carbocycles. The van der Waals surface area contributed by atoms with E-state index in [1.165, 1.54) is 0 Å². The van der Waals surface area contributed by atoms with Crippen LogP contribution in [0.3, 0.4) is 0 Å². The minimum Gasteiger partial charge on any atom is -0.508 e. The number of phenolic OH excluding ortho intramolecular Hbond substituents is 1. The number of aromatic hydroxyl groups is 1. The molecule has 9 N–H and O–H groups in total. The van der Waals surface area contributed by atoms with Crippen molar-refractivity contribution in [3.8, 4) is 5.75 Å². The molecule has 0 aliphatic carbocycles. The van der Waals surface area contributed by atoms with E-state index < -0.39 is 0 Å². The highest BCUT2D eigenvalue weighted by Crippen LogP contribution is 2.15. The monoisotopic (exact) mass is 416 g/mol. The Morgan fingerprint density at radius 3 is 1.43 bits per heavy atom. The largest absolute Gasteiger partial charge is 0.508 e. The number of hydrogen-bond donors (Lipinski definition) is 7. The molecular formula is C20H41ClN6O. The summed E-state index contributed by atoms with van der Waals surface area (Å²) in [7, 11) is 0. The Kier molecular flexibility index (Phi) is 18.7. The molecule has 0 saturated heterocycles. The van der Waals surface area contributed by atoms with Gasteiger partial charge >= 0.3 is 0 Å². The first-order valence-electron chi connectivity index (χ1n) is 10.3. The van der Waals surface area contributed by atoms with Crippen LogP contribution in [0.4, 0.5) is 0 Å². The summed E-state index contributed by atoms with van der Waals surface area (Å²) in [5.41, 5.74) is 13.2. The Morgan fingerprint density at radius 1 is 0.607 bits per heavy atom. The molecule has 0 bridgehead atoms. The average Bonchev–Trinajstić information content (AvgIpc) is 2.65. The first kappa shape index (κ1) is 27.1. The number of nitrogens with two attached hydrogens (primary N) is 2. The maximum atomic E-state index is 9.94. The number of halogens is 1. The first-order valence-corrected chi connectivity index (χ1v) is 10.3. The van der Waals surface area contributed by atoms with Gasteiger partial charge in [-0.2, -0.15) is 0 Å². The van der Waals surface area contributed by atoms with E-state index in [0.29, 0.717) is 5.75 Å². The molecule has 0 spiro atoms. The third-order valence-electron chi connectivity index (χ3n) is 4.23. The molecule has 28 heavy (non-hydrogen) atoms. The lowest BCUT2D eigenvalue weighted by Crippen LogP contribution is -2.24. The molecule has 1 aromatic carbocycles. The highest BCUT2D eigenvalue weighted by atomic mass is 35.5. The van der Waals surface area contributed by atoms with E-state index in [9.17, 15) is 5.11 Å². The Labute approximate surface area is 176 Å². The fourth-order valence-electron chi connectivity index (χ4n) is 2.79. The predicted octanol–water partition coefficient (Wildman–Crippen LogP) is 0.650. The van der Waals surface area contributed by atoms with Crippen LogP contribution >= 0.6 is 12.4 Å². The average molecular weight is 417 g/mol. The van der Waals surface area contributed by atoms with Crippen LogP contribution in [0, 0.1) is 0 Å². The molecule has 0 unspecified atom stereocenters. The van der Waals surface area contributed by atoms with Gasteiger partial charge < -0.3 is 37.8 Å². The molecule has 0 atom stereocenters. The number of benzene rings is 1. The van der Waals surface area contributed by atoms with Gasteiger partial charge in [-0.3, -0.25) is 0 Å². The molecule has 0 aliphatic heterocycles. The number of hydrogen-bond acceptors (Lipinski definition) is 7. The zero-order valence-corrected chi connectivity index (χ0v) is 18.0. The van der Waals surface area contributed by atoms with Gasteiger partial charge in [-0.05, 0) is 101 Å². The van der Waals surface area contributed by atoms with Crippen molar-refractivity contribution in [1.29, 1.82) is 0 Å². The third-order valence-corrected chi connectivity index (χ3v) is 4.23. The topological polar surface area (TPSA) is 120 Å². The summed E-state index contributed by atoms with van der Waals surface area (Å²) in [4.78, 5) is 0. The van der Waals surface area contributed by atoms with Crippen molar-refractivity contribution < 1.29 is 5.11 Å². The van der Waals surface area contributed by atoms with E-state index in [4.69, 9.17) is 11.5 Å². The van der Waals surface area contributed by atoms with Gasteiger partial charge in [0.2, 0.25) is 0 Å². The molecule has 0 aliphatic rings. The van der Waals surface area contributed by atoms with E-state index >= 15 is 0 Å². The normalized spacial score (nSPS) is 10.8. The fourth-order valence-corrected chi connectivity index (χ4v) is 2.79. The van der Waals surface area contributed by atoms with Gasteiger partial charge in [-0.25, -0.2) is 0 Å². The van der Waals surface area contributed by atoms with E-state index in [0.717, 1.165) is 102 Å². The smallest absolute Gasteiger partial charge is 0.116 e. The molecule has 0 aromatic heterocycles. The molecule has 0 radical (unpaired) electrons. The molecular weight excluding hydrogens is 376 g/mol. The lowest BCUT2D eigenvalue weighted by Gasteiger charge is -2.10. The van der Waals surface area contributed by atoms with Crippen LogP contribution in [-0.4, -0.2) is 57.5 Å². The van der Waals surface area contributed by atoms with Crippen LogP contribution in [0.2, 0.25) is 0 Å². The highest BCUT2D eigenvalue weighted by molar-refractivity contribution is 5.85. The van der Waals surface area contributed by atoms with Crippen LogP contribution in [0.5, 0.6) is 5.75 Å². The Balaban J connectivity index is 0.00000729. The van der Waals surface area contributed by atoms with Gasteiger partial charge in [0, 0.05) is 13.1 Å². The minimum atomic E-state index is 0. The van der Waals surface area contributed by atoms with Crippen LogP contribution in [0.1, 0.15) is 36.8 Å². The molecule has 164 valence electrons. The number of nitrogens with one attached hydrogen (secondary N) is 4. The summed E-state index contributed by atoms with van der Waals surface area (Å²) in [6.45, 7) is 8.92. The molecule has 7 nitrogen and oxygen atoms in total. The Bertz CT molecular complexity index is 440. The fraction of sp³-hybridized carbons (Fsp3) is 0.700. The van der Waals surface area contributed by atoms with Crippen molar-refractivity contribution in [2.75, 3.05) is 52.4 Å². The van der Waals surface area contributed by atoms with Crippen molar-refractivity contribution in [1.82, 2.24) is 21.3 Å². The molecule has 1 aromatic rings. The van der Waals surface area contributed by atoms with Gasteiger partial charge in [0.05, 0.1) is 0 Å². The number of phenols is 1. The lowest BCUT2D eigenvalue weighted by molar-refractivity contribution is 0.472. The lowest BCUT2D eigenvalue weighted by atomic mass is 10.1. The predicted molar refractivity (Wildman–Crippen MR) is 121 cm³/mol. The summed E-state index contributed by atoms with van der Waals surface area (Å²) in [5.74, 6) is 0.331. The zero-order valence-electron chi connectivity index (χ0n) is 17.1. The van der Waals surface area contributed by atoms with Crippen molar-refractivity contribution in [2.24, 2.45) is 11.5 Å². The van der Waals surface area contributed by atoms with Gasteiger partial charge in [-0.1, -0.05) is 6.07 Å². The third kappa shape index (κ3) is 15.0. The summed E-state index contributed by atoms with van der Waals surface area (Å²) in [6, 6.07) is 5.81.